The van der Waals surface area contributed by atoms with Gasteiger partial charge in [-0.3, -0.25) is 14.3 Å². The second kappa shape index (κ2) is 8.18. The van der Waals surface area contributed by atoms with Gasteiger partial charge in [0.1, 0.15) is 5.56 Å². The fraction of sp³-hybridized carbons (Fsp3) is 0.150. The Kier molecular flexibility index (Phi) is 5.51. The van der Waals surface area contributed by atoms with E-state index in [1.807, 2.05) is 30.3 Å². The Labute approximate surface area is 157 Å². The molecule has 0 aliphatic carbocycles. The van der Waals surface area contributed by atoms with Crippen molar-refractivity contribution in [2.24, 2.45) is 7.05 Å². The Hall–Kier alpha value is -3.61. The number of hydrogen-bond donors (Lipinski definition) is 2. The first kappa shape index (κ1) is 18.2. The number of aromatic nitrogens is 2. The highest BCUT2D eigenvalue weighted by atomic mass is 16.5. The van der Waals surface area contributed by atoms with Gasteiger partial charge in [0, 0.05) is 31.0 Å². The van der Waals surface area contributed by atoms with Gasteiger partial charge in [0.05, 0.1) is 7.11 Å². The van der Waals surface area contributed by atoms with E-state index < -0.39 is 0 Å². The number of amides is 2. The molecule has 1 heterocycles. The lowest BCUT2D eigenvalue weighted by atomic mass is 10.1. The van der Waals surface area contributed by atoms with Crippen LogP contribution in [0.5, 0.6) is 5.88 Å². The molecule has 0 saturated heterocycles. The Balaban J connectivity index is 1.61. The number of carbonyl (C=O) groups excluding carboxylic acids is 2. The summed E-state index contributed by atoms with van der Waals surface area (Å²) in [5.41, 5.74) is 2.46. The Morgan fingerprint density at radius 3 is 2.41 bits per heavy atom. The summed E-state index contributed by atoms with van der Waals surface area (Å²) in [7, 11) is 3.17. The van der Waals surface area contributed by atoms with Crippen molar-refractivity contribution in [3.05, 3.63) is 77.5 Å². The van der Waals surface area contributed by atoms with Crippen LogP contribution in [0.2, 0.25) is 0 Å². The second-order valence-electron chi connectivity index (χ2n) is 5.93. The molecule has 7 heteroatoms. The molecule has 2 N–H and O–H groups in total. The van der Waals surface area contributed by atoms with Crippen LogP contribution in [0.15, 0.2) is 60.8 Å². The minimum atomic E-state index is -0.332. The zero-order valence-corrected chi connectivity index (χ0v) is 15.1. The van der Waals surface area contributed by atoms with Gasteiger partial charge in [0.15, 0.2) is 0 Å². The van der Waals surface area contributed by atoms with Crippen LogP contribution in [0.1, 0.15) is 26.3 Å². The molecular weight excluding hydrogens is 344 g/mol. The zero-order chi connectivity index (χ0) is 19.2. The maximum Gasteiger partial charge on any atom is 0.262 e. The lowest BCUT2D eigenvalue weighted by Crippen LogP contribution is -2.22. The number of hydrogen-bond acceptors (Lipinski definition) is 4. The quantitative estimate of drug-likeness (QED) is 0.704. The van der Waals surface area contributed by atoms with Gasteiger partial charge in [0.25, 0.3) is 11.8 Å². The smallest absolute Gasteiger partial charge is 0.262 e. The van der Waals surface area contributed by atoms with Gasteiger partial charge in [-0.1, -0.05) is 30.3 Å². The molecule has 0 saturated carbocycles. The van der Waals surface area contributed by atoms with Gasteiger partial charge in [-0.05, 0) is 29.8 Å². The first-order valence-electron chi connectivity index (χ1n) is 8.38. The Morgan fingerprint density at radius 2 is 1.74 bits per heavy atom. The van der Waals surface area contributed by atoms with E-state index in [2.05, 4.69) is 15.7 Å². The van der Waals surface area contributed by atoms with Crippen molar-refractivity contribution in [1.29, 1.82) is 0 Å². The molecule has 0 bridgehead atoms. The van der Waals surface area contributed by atoms with E-state index in [1.165, 1.54) is 11.8 Å². The third kappa shape index (κ3) is 4.52. The fourth-order valence-corrected chi connectivity index (χ4v) is 2.56. The molecular formula is C20H20N4O3. The number of carbonyl (C=O) groups is 2. The van der Waals surface area contributed by atoms with Gasteiger partial charge in [0.2, 0.25) is 5.88 Å². The minimum absolute atomic E-state index is 0.175. The van der Waals surface area contributed by atoms with E-state index >= 15 is 0 Å². The summed E-state index contributed by atoms with van der Waals surface area (Å²) >= 11 is 0. The summed E-state index contributed by atoms with van der Waals surface area (Å²) in [6.07, 6.45) is 1.58. The first-order chi connectivity index (χ1) is 13.1. The number of rotatable bonds is 6. The fourth-order valence-electron chi connectivity index (χ4n) is 2.56. The normalized spacial score (nSPS) is 10.3. The highest BCUT2D eigenvalue weighted by Gasteiger charge is 2.16. The third-order valence-electron chi connectivity index (χ3n) is 3.93. The molecule has 3 aromatic rings. The zero-order valence-electron chi connectivity index (χ0n) is 15.1. The number of ether oxygens (including phenoxy) is 1. The number of aryl methyl sites for hydroxylation is 1. The number of methoxy groups -OCH3 is 1. The van der Waals surface area contributed by atoms with Crippen LogP contribution in [-0.2, 0) is 13.6 Å². The van der Waals surface area contributed by atoms with Crippen molar-refractivity contribution in [2.75, 3.05) is 12.4 Å². The van der Waals surface area contributed by atoms with Gasteiger partial charge >= 0.3 is 0 Å². The molecule has 0 atom stereocenters. The van der Waals surface area contributed by atoms with E-state index in [1.54, 1.807) is 37.5 Å². The Bertz CT molecular complexity index is 934. The molecule has 0 aliphatic rings. The third-order valence-corrected chi connectivity index (χ3v) is 3.93. The predicted octanol–water partition coefficient (Wildman–Crippen LogP) is 2.61. The number of anilines is 1. The highest BCUT2D eigenvalue weighted by molar-refractivity contribution is 6.06. The van der Waals surface area contributed by atoms with Crippen molar-refractivity contribution in [1.82, 2.24) is 15.1 Å². The van der Waals surface area contributed by atoms with Crippen LogP contribution < -0.4 is 15.4 Å². The van der Waals surface area contributed by atoms with Crippen LogP contribution in [0.4, 0.5) is 5.69 Å². The molecule has 0 unspecified atom stereocenters. The lowest BCUT2D eigenvalue weighted by Gasteiger charge is -2.08. The molecule has 27 heavy (non-hydrogen) atoms. The van der Waals surface area contributed by atoms with Crippen molar-refractivity contribution in [2.45, 2.75) is 6.54 Å². The monoisotopic (exact) mass is 364 g/mol. The maximum atomic E-state index is 12.4. The van der Waals surface area contributed by atoms with Gasteiger partial charge in [-0.25, -0.2) is 0 Å². The molecule has 138 valence electrons. The lowest BCUT2D eigenvalue weighted by molar-refractivity contribution is 0.0950. The number of nitrogens with zero attached hydrogens (tertiary/aromatic N) is 2. The molecule has 0 fully saturated rings. The largest absolute Gasteiger partial charge is 0.479 e. The van der Waals surface area contributed by atoms with Crippen LogP contribution in [0, 0.1) is 0 Å². The summed E-state index contributed by atoms with van der Waals surface area (Å²) in [4.78, 5) is 24.6. The van der Waals surface area contributed by atoms with E-state index in [-0.39, 0.29) is 17.7 Å². The van der Waals surface area contributed by atoms with Crippen molar-refractivity contribution >= 4 is 17.5 Å². The molecule has 7 nitrogen and oxygen atoms in total. The standard InChI is InChI=1S/C20H20N4O3/c1-24-13-17(20(23-24)27-2)19(26)22-16-10-8-15(9-11-16)18(25)21-12-14-6-4-3-5-7-14/h3-11,13H,12H2,1-2H3,(H,21,25)(H,22,26). The minimum Gasteiger partial charge on any atom is -0.479 e. The topological polar surface area (TPSA) is 85.2 Å². The van der Waals surface area contributed by atoms with E-state index in [0.717, 1.165) is 5.56 Å². The maximum absolute atomic E-state index is 12.4. The summed E-state index contributed by atoms with van der Waals surface area (Å²) in [6, 6.07) is 16.4. The summed E-state index contributed by atoms with van der Waals surface area (Å²) in [5, 5.41) is 9.69. The number of nitrogens with one attached hydrogen (secondary N) is 2. The van der Waals surface area contributed by atoms with Crippen LogP contribution in [0.3, 0.4) is 0 Å². The van der Waals surface area contributed by atoms with Gasteiger partial charge in [-0.2, -0.15) is 0 Å². The molecule has 0 spiro atoms. The first-order valence-corrected chi connectivity index (χ1v) is 8.38. The van der Waals surface area contributed by atoms with Crippen molar-refractivity contribution in [3.63, 3.8) is 0 Å². The molecule has 0 radical (unpaired) electrons. The van der Waals surface area contributed by atoms with Gasteiger partial charge < -0.3 is 15.4 Å². The molecule has 2 aromatic carbocycles. The van der Waals surface area contributed by atoms with E-state index in [0.29, 0.717) is 23.4 Å². The number of benzene rings is 2. The molecule has 2 amide bonds. The average molecular weight is 364 g/mol. The van der Waals surface area contributed by atoms with Crippen LogP contribution >= 0.6 is 0 Å². The SMILES string of the molecule is COc1nn(C)cc1C(=O)Nc1ccc(C(=O)NCc2ccccc2)cc1. The summed E-state index contributed by atoms with van der Waals surface area (Å²) in [6.45, 7) is 0.457. The van der Waals surface area contributed by atoms with Crippen LogP contribution in [0.25, 0.3) is 0 Å². The Morgan fingerprint density at radius 1 is 1.04 bits per heavy atom. The molecule has 1 aromatic heterocycles. The predicted molar refractivity (Wildman–Crippen MR) is 102 cm³/mol. The van der Waals surface area contributed by atoms with Crippen LogP contribution in [-0.4, -0.2) is 28.7 Å². The van der Waals surface area contributed by atoms with E-state index in [9.17, 15) is 9.59 Å². The second-order valence-corrected chi connectivity index (χ2v) is 5.93. The molecule has 0 aliphatic heterocycles. The summed E-state index contributed by atoms with van der Waals surface area (Å²) in [5.74, 6) is -0.251. The van der Waals surface area contributed by atoms with Gasteiger partial charge in [-0.15, -0.1) is 5.10 Å². The molecule has 3 rings (SSSR count). The van der Waals surface area contributed by atoms with E-state index in [4.69, 9.17) is 4.74 Å². The van der Waals surface area contributed by atoms with Crippen molar-refractivity contribution in [3.8, 4) is 5.88 Å². The van der Waals surface area contributed by atoms with Crippen molar-refractivity contribution < 1.29 is 14.3 Å². The summed E-state index contributed by atoms with van der Waals surface area (Å²) < 4.78 is 6.60. The highest BCUT2D eigenvalue weighted by Crippen LogP contribution is 2.17. The average Bonchev–Trinajstić information content (AvgIpc) is 3.08.